The number of methoxy groups -OCH3 is 2. The monoisotopic (exact) mass is 397 g/mol. The molecule has 29 heavy (non-hydrogen) atoms. The Morgan fingerprint density at radius 3 is 2.55 bits per heavy atom. The number of carbonyl (C=O) groups is 1. The van der Waals surface area contributed by atoms with Crippen LogP contribution in [0.3, 0.4) is 0 Å². The highest BCUT2D eigenvalue weighted by molar-refractivity contribution is 5.68. The van der Waals surface area contributed by atoms with E-state index in [1.807, 2.05) is 12.1 Å². The summed E-state index contributed by atoms with van der Waals surface area (Å²) in [5.41, 5.74) is 2.47. The van der Waals surface area contributed by atoms with Crippen molar-refractivity contribution < 1.29 is 19.0 Å². The molecular weight excluding hydrogens is 366 g/mol. The highest BCUT2D eigenvalue weighted by Gasteiger charge is 2.34. The van der Waals surface area contributed by atoms with E-state index in [9.17, 15) is 4.79 Å². The molecule has 2 aromatic carbocycles. The van der Waals surface area contributed by atoms with E-state index < -0.39 is 0 Å². The number of hydrogen-bond acceptors (Lipinski definition) is 4. The molecule has 1 aliphatic rings. The Kier molecular flexibility index (Phi) is 7.02. The van der Waals surface area contributed by atoms with Crippen molar-refractivity contribution in [1.82, 2.24) is 4.90 Å². The van der Waals surface area contributed by atoms with E-state index in [-0.39, 0.29) is 18.1 Å². The first-order chi connectivity index (χ1) is 14.0. The van der Waals surface area contributed by atoms with Crippen LogP contribution in [0.2, 0.25) is 0 Å². The molecule has 5 nitrogen and oxygen atoms in total. The number of amides is 1. The number of aryl methyl sites for hydroxylation is 1. The third-order valence-corrected chi connectivity index (χ3v) is 5.67. The SMILES string of the molecule is COC(=O)N1C[C@H](C)[C@H](c2ccc(OC)c(OC(C)CCc3ccccc3)c2)C1. The maximum atomic E-state index is 11.9. The molecule has 1 amide bonds. The Hall–Kier alpha value is -2.69. The zero-order valence-electron chi connectivity index (χ0n) is 17.8. The van der Waals surface area contributed by atoms with E-state index in [1.165, 1.54) is 12.7 Å². The average Bonchev–Trinajstić information content (AvgIpc) is 3.14. The summed E-state index contributed by atoms with van der Waals surface area (Å²) in [7, 11) is 3.09. The van der Waals surface area contributed by atoms with E-state index in [4.69, 9.17) is 14.2 Å². The smallest absolute Gasteiger partial charge is 0.409 e. The summed E-state index contributed by atoms with van der Waals surface area (Å²) in [6.07, 6.45) is 1.69. The number of rotatable bonds is 7. The van der Waals surface area contributed by atoms with Crippen LogP contribution in [0.25, 0.3) is 0 Å². The fraction of sp³-hybridized carbons (Fsp3) is 0.458. The molecule has 3 atom stereocenters. The third-order valence-electron chi connectivity index (χ3n) is 5.67. The number of carbonyl (C=O) groups excluding carboxylic acids is 1. The van der Waals surface area contributed by atoms with Crippen molar-refractivity contribution in [2.75, 3.05) is 27.3 Å². The molecule has 0 saturated carbocycles. The second-order valence-corrected chi connectivity index (χ2v) is 7.82. The van der Waals surface area contributed by atoms with Crippen molar-refractivity contribution in [2.45, 2.75) is 38.7 Å². The maximum absolute atomic E-state index is 11.9. The number of likely N-dealkylation sites (tertiary alicyclic amines) is 1. The summed E-state index contributed by atoms with van der Waals surface area (Å²) < 4.78 is 16.7. The maximum Gasteiger partial charge on any atom is 0.409 e. The van der Waals surface area contributed by atoms with Crippen molar-refractivity contribution in [3.8, 4) is 11.5 Å². The molecule has 0 spiro atoms. The third kappa shape index (κ3) is 5.22. The predicted octanol–water partition coefficient (Wildman–Crippen LogP) is 4.90. The second-order valence-electron chi connectivity index (χ2n) is 7.82. The normalized spacial score (nSPS) is 19.7. The number of ether oxygens (including phenoxy) is 3. The van der Waals surface area contributed by atoms with Crippen LogP contribution in [0.4, 0.5) is 4.79 Å². The van der Waals surface area contributed by atoms with Gasteiger partial charge in [0.05, 0.1) is 20.3 Å². The summed E-state index contributed by atoms with van der Waals surface area (Å²) in [5, 5.41) is 0. The molecule has 156 valence electrons. The van der Waals surface area contributed by atoms with Crippen LogP contribution in [0.1, 0.15) is 37.3 Å². The largest absolute Gasteiger partial charge is 0.493 e. The fourth-order valence-electron chi connectivity index (χ4n) is 3.99. The van der Waals surface area contributed by atoms with Gasteiger partial charge in [0.15, 0.2) is 11.5 Å². The van der Waals surface area contributed by atoms with Crippen LogP contribution >= 0.6 is 0 Å². The number of hydrogen-bond donors (Lipinski definition) is 0. The van der Waals surface area contributed by atoms with Crippen molar-refractivity contribution in [1.29, 1.82) is 0 Å². The molecule has 1 aliphatic heterocycles. The predicted molar refractivity (Wildman–Crippen MR) is 114 cm³/mol. The molecule has 0 aromatic heterocycles. The van der Waals surface area contributed by atoms with E-state index in [0.29, 0.717) is 19.0 Å². The van der Waals surface area contributed by atoms with Crippen molar-refractivity contribution in [2.24, 2.45) is 5.92 Å². The zero-order valence-corrected chi connectivity index (χ0v) is 17.8. The molecule has 0 radical (unpaired) electrons. The van der Waals surface area contributed by atoms with Crippen molar-refractivity contribution >= 4 is 6.09 Å². The molecule has 1 fully saturated rings. The minimum Gasteiger partial charge on any atom is -0.493 e. The number of nitrogens with zero attached hydrogens (tertiary/aromatic N) is 1. The summed E-state index contributed by atoms with van der Waals surface area (Å²) in [6, 6.07) is 16.5. The molecule has 0 N–H and O–H groups in total. The van der Waals surface area contributed by atoms with Gasteiger partial charge in [-0.05, 0) is 48.9 Å². The molecule has 5 heteroatoms. The van der Waals surface area contributed by atoms with Gasteiger partial charge in [0.2, 0.25) is 0 Å². The zero-order chi connectivity index (χ0) is 20.8. The molecule has 0 aliphatic carbocycles. The van der Waals surface area contributed by atoms with Gasteiger partial charge in [0, 0.05) is 19.0 Å². The summed E-state index contributed by atoms with van der Waals surface area (Å²) in [6.45, 7) is 5.61. The minimum absolute atomic E-state index is 0.0620. The molecule has 0 bridgehead atoms. The van der Waals surface area contributed by atoms with Gasteiger partial charge >= 0.3 is 6.09 Å². The fourth-order valence-corrected chi connectivity index (χ4v) is 3.99. The van der Waals surface area contributed by atoms with E-state index in [0.717, 1.165) is 29.9 Å². The first kappa shape index (κ1) is 21.0. The van der Waals surface area contributed by atoms with Gasteiger partial charge in [0.1, 0.15) is 0 Å². The minimum atomic E-state index is -0.265. The molecule has 2 aromatic rings. The molecular formula is C24H31NO4. The lowest BCUT2D eigenvalue weighted by molar-refractivity contribution is 0.131. The van der Waals surface area contributed by atoms with Crippen LogP contribution in [-0.4, -0.2) is 44.4 Å². The van der Waals surface area contributed by atoms with Gasteiger partial charge in [-0.15, -0.1) is 0 Å². The highest BCUT2D eigenvalue weighted by Crippen LogP contribution is 2.38. The van der Waals surface area contributed by atoms with Gasteiger partial charge in [-0.3, -0.25) is 0 Å². The Labute approximate surface area is 173 Å². The molecule has 3 rings (SSSR count). The number of benzene rings is 2. The molecule has 1 heterocycles. The van der Waals surface area contributed by atoms with Gasteiger partial charge in [-0.25, -0.2) is 4.79 Å². The highest BCUT2D eigenvalue weighted by atomic mass is 16.5. The van der Waals surface area contributed by atoms with Gasteiger partial charge < -0.3 is 19.1 Å². The lowest BCUT2D eigenvalue weighted by Crippen LogP contribution is -2.28. The quantitative estimate of drug-likeness (QED) is 0.667. The Morgan fingerprint density at radius 2 is 1.86 bits per heavy atom. The van der Waals surface area contributed by atoms with Crippen molar-refractivity contribution in [3.63, 3.8) is 0 Å². The Bertz CT molecular complexity index is 808. The van der Waals surface area contributed by atoms with Gasteiger partial charge in [0.25, 0.3) is 0 Å². The van der Waals surface area contributed by atoms with Gasteiger partial charge in [-0.2, -0.15) is 0 Å². The first-order valence-electron chi connectivity index (χ1n) is 10.2. The van der Waals surface area contributed by atoms with Crippen LogP contribution in [0.5, 0.6) is 11.5 Å². The second kappa shape index (κ2) is 9.68. The lowest BCUT2D eigenvalue weighted by atomic mass is 9.90. The van der Waals surface area contributed by atoms with E-state index >= 15 is 0 Å². The lowest BCUT2D eigenvalue weighted by Gasteiger charge is -2.20. The van der Waals surface area contributed by atoms with E-state index in [2.05, 4.69) is 50.2 Å². The standard InChI is InChI=1S/C24H31NO4/c1-17-15-25(24(26)28-4)16-21(17)20-12-13-22(27-3)23(14-20)29-18(2)10-11-19-8-6-5-7-9-19/h5-9,12-14,17-18,21H,10-11,15-16H2,1-4H3/t17-,18?,21+/m0/s1. The first-order valence-corrected chi connectivity index (χ1v) is 10.2. The van der Waals surface area contributed by atoms with Crippen LogP contribution in [-0.2, 0) is 11.2 Å². The van der Waals surface area contributed by atoms with Crippen LogP contribution in [0, 0.1) is 5.92 Å². The Balaban J connectivity index is 1.69. The van der Waals surface area contributed by atoms with Crippen LogP contribution < -0.4 is 9.47 Å². The molecule has 1 unspecified atom stereocenters. The van der Waals surface area contributed by atoms with E-state index in [1.54, 1.807) is 12.0 Å². The van der Waals surface area contributed by atoms with Crippen LogP contribution in [0.15, 0.2) is 48.5 Å². The summed E-state index contributed by atoms with van der Waals surface area (Å²) >= 11 is 0. The Morgan fingerprint density at radius 1 is 1.10 bits per heavy atom. The van der Waals surface area contributed by atoms with Gasteiger partial charge in [-0.1, -0.05) is 43.3 Å². The molecule has 1 saturated heterocycles. The summed E-state index contributed by atoms with van der Waals surface area (Å²) in [4.78, 5) is 13.7. The van der Waals surface area contributed by atoms with Crippen molar-refractivity contribution in [3.05, 3.63) is 59.7 Å². The topological polar surface area (TPSA) is 48.0 Å². The summed E-state index contributed by atoms with van der Waals surface area (Å²) in [5.74, 6) is 2.10. The average molecular weight is 398 g/mol.